The first kappa shape index (κ1) is 16.5. The Balaban J connectivity index is 1.55. The van der Waals surface area contributed by atoms with Gasteiger partial charge in [0.05, 0.1) is 0 Å². The number of likely N-dealkylation sites (tertiary alicyclic amines) is 1. The van der Waals surface area contributed by atoms with Crippen LogP contribution in [0.25, 0.3) is 0 Å². The highest BCUT2D eigenvalue weighted by atomic mass is 16.2. The third-order valence-corrected chi connectivity index (χ3v) is 4.81. The number of piperidine rings is 1. The van der Waals surface area contributed by atoms with E-state index in [9.17, 15) is 4.79 Å². The van der Waals surface area contributed by atoms with Crippen LogP contribution in [0.15, 0.2) is 54.6 Å². The molecule has 126 valence electrons. The highest BCUT2D eigenvalue weighted by Crippen LogP contribution is 2.20. The third-order valence-electron chi connectivity index (χ3n) is 4.81. The molecule has 3 rings (SSSR count). The predicted molar refractivity (Wildman–Crippen MR) is 97.7 cm³/mol. The number of nitrogen functional groups attached to an aromatic ring is 1. The van der Waals surface area contributed by atoms with E-state index in [1.807, 2.05) is 30.1 Å². The van der Waals surface area contributed by atoms with Crippen LogP contribution < -0.4 is 5.73 Å². The molecule has 1 aliphatic heterocycles. The normalized spacial score (nSPS) is 16.0. The second kappa shape index (κ2) is 7.49. The molecule has 0 saturated carbocycles. The van der Waals surface area contributed by atoms with Crippen molar-refractivity contribution in [2.75, 3.05) is 25.9 Å². The van der Waals surface area contributed by atoms with Crippen LogP contribution in [0.4, 0.5) is 5.69 Å². The first-order valence-corrected chi connectivity index (χ1v) is 8.52. The Morgan fingerprint density at radius 1 is 1.12 bits per heavy atom. The van der Waals surface area contributed by atoms with Gasteiger partial charge in [-0.05, 0) is 36.6 Å². The zero-order chi connectivity index (χ0) is 16.9. The summed E-state index contributed by atoms with van der Waals surface area (Å²) in [6.07, 6.45) is 2.02. The topological polar surface area (TPSA) is 49.6 Å². The minimum atomic E-state index is 0.0591. The molecule has 4 nitrogen and oxygen atoms in total. The average molecular weight is 323 g/mol. The molecule has 0 radical (unpaired) electrons. The number of anilines is 1. The van der Waals surface area contributed by atoms with E-state index in [1.54, 1.807) is 12.1 Å². The Labute approximate surface area is 143 Å². The van der Waals surface area contributed by atoms with E-state index >= 15 is 0 Å². The fourth-order valence-corrected chi connectivity index (χ4v) is 3.35. The summed E-state index contributed by atoms with van der Waals surface area (Å²) in [7, 11) is 1.91. The quantitative estimate of drug-likeness (QED) is 0.880. The lowest BCUT2D eigenvalue weighted by molar-refractivity contribution is 0.0636. The number of hydrogen-bond acceptors (Lipinski definition) is 3. The van der Waals surface area contributed by atoms with Gasteiger partial charge >= 0.3 is 0 Å². The molecule has 1 heterocycles. The van der Waals surface area contributed by atoms with E-state index in [-0.39, 0.29) is 5.91 Å². The molecule has 0 unspecified atom stereocenters. The smallest absolute Gasteiger partial charge is 0.253 e. The van der Waals surface area contributed by atoms with Gasteiger partial charge in [-0.1, -0.05) is 36.4 Å². The number of rotatable bonds is 4. The largest absolute Gasteiger partial charge is 0.399 e. The van der Waals surface area contributed by atoms with Gasteiger partial charge in [-0.2, -0.15) is 0 Å². The number of carbonyl (C=O) groups is 1. The standard InChI is InChI=1S/C20H25N3O/c1-22(20(24)17-8-5-9-18(21)14-17)19-10-12-23(13-11-19)15-16-6-3-2-4-7-16/h2-9,14,19H,10-13,15,21H2,1H3. The number of amides is 1. The van der Waals surface area contributed by atoms with E-state index in [0.717, 1.165) is 32.5 Å². The minimum Gasteiger partial charge on any atom is -0.399 e. The van der Waals surface area contributed by atoms with Crippen molar-refractivity contribution < 1.29 is 4.79 Å². The fourth-order valence-electron chi connectivity index (χ4n) is 3.35. The summed E-state index contributed by atoms with van der Waals surface area (Å²) < 4.78 is 0. The van der Waals surface area contributed by atoms with Gasteiger partial charge in [0.1, 0.15) is 0 Å². The van der Waals surface area contributed by atoms with Gasteiger partial charge in [-0.3, -0.25) is 9.69 Å². The van der Waals surface area contributed by atoms with Crippen LogP contribution in [0.5, 0.6) is 0 Å². The molecule has 2 aromatic carbocycles. The van der Waals surface area contributed by atoms with E-state index in [2.05, 4.69) is 29.2 Å². The van der Waals surface area contributed by atoms with Gasteiger partial charge in [0.15, 0.2) is 0 Å². The molecule has 1 saturated heterocycles. The number of carbonyl (C=O) groups excluding carboxylic acids is 1. The van der Waals surface area contributed by atoms with Crippen LogP contribution in [0, 0.1) is 0 Å². The Morgan fingerprint density at radius 2 is 1.83 bits per heavy atom. The number of nitrogens with two attached hydrogens (primary N) is 1. The van der Waals surface area contributed by atoms with Crippen LogP contribution in [0.2, 0.25) is 0 Å². The maximum atomic E-state index is 12.6. The Morgan fingerprint density at radius 3 is 2.50 bits per heavy atom. The molecule has 1 aliphatic rings. The Hall–Kier alpha value is -2.33. The summed E-state index contributed by atoms with van der Waals surface area (Å²) in [4.78, 5) is 17.0. The summed E-state index contributed by atoms with van der Waals surface area (Å²) in [6, 6.07) is 18.1. The molecule has 0 aliphatic carbocycles. The van der Waals surface area contributed by atoms with Crippen molar-refractivity contribution in [3.63, 3.8) is 0 Å². The van der Waals surface area contributed by atoms with Crippen molar-refractivity contribution in [3.8, 4) is 0 Å². The van der Waals surface area contributed by atoms with Crippen molar-refractivity contribution in [3.05, 3.63) is 65.7 Å². The first-order chi connectivity index (χ1) is 11.6. The van der Waals surface area contributed by atoms with E-state index in [1.165, 1.54) is 5.56 Å². The molecule has 2 aromatic rings. The highest BCUT2D eigenvalue weighted by Gasteiger charge is 2.26. The molecule has 1 amide bonds. The van der Waals surface area contributed by atoms with Gasteiger partial charge < -0.3 is 10.6 Å². The molecule has 24 heavy (non-hydrogen) atoms. The third kappa shape index (κ3) is 3.95. The van der Waals surface area contributed by atoms with Crippen LogP contribution in [0.1, 0.15) is 28.8 Å². The van der Waals surface area contributed by atoms with Crippen LogP contribution in [0.3, 0.4) is 0 Å². The highest BCUT2D eigenvalue weighted by molar-refractivity contribution is 5.95. The lowest BCUT2D eigenvalue weighted by Crippen LogP contribution is -2.45. The molecule has 0 atom stereocenters. The van der Waals surface area contributed by atoms with Crippen LogP contribution >= 0.6 is 0 Å². The second-order valence-electron chi connectivity index (χ2n) is 6.53. The van der Waals surface area contributed by atoms with Crippen molar-refractivity contribution in [1.29, 1.82) is 0 Å². The summed E-state index contributed by atoms with van der Waals surface area (Å²) >= 11 is 0. The van der Waals surface area contributed by atoms with Crippen molar-refractivity contribution in [2.45, 2.75) is 25.4 Å². The fraction of sp³-hybridized carbons (Fsp3) is 0.350. The van der Waals surface area contributed by atoms with Gasteiger partial charge in [0, 0.05) is 44.0 Å². The minimum absolute atomic E-state index is 0.0591. The van der Waals surface area contributed by atoms with Gasteiger partial charge in [-0.25, -0.2) is 0 Å². The molecule has 0 spiro atoms. The van der Waals surface area contributed by atoms with Crippen molar-refractivity contribution >= 4 is 11.6 Å². The van der Waals surface area contributed by atoms with Crippen LogP contribution in [-0.4, -0.2) is 41.9 Å². The van der Waals surface area contributed by atoms with Crippen molar-refractivity contribution in [2.24, 2.45) is 0 Å². The number of nitrogens with zero attached hydrogens (tertiary/aromatic N) is 2. The predicted octanol–water partition coefficient (Wildman–Crippen LogP) is 3.01. The first-order valence-electron chi connectivity index (χ1n) is 8.52. The molecule has 4 heteroatoms. The van der Waals surface area contributed by atoms with Gasteiger partial charge in [0.2, 0.25) is 0 Å². The van der Waals surface area contributed by atoms with Gasteiger partial charge in [0.25, 0.3) is 5.91 Å². The zero-order valence-electron chi connectivity index (χ0n) is 14.2. The molecule has 2 N–H and O–H groups in total. The molecule has 1 fully saturated rings. The number of hydrogen-bond donors (Lipinski definition) is 1. The maximum absolute atomic E-state index is 12.6. The summed E-state index contributed by atoms with van der Waals surface area (Å²) in [5.41, 5.74) is 8.44. The van der Waals surface area contributed by atoms with Crippen LogP contribution in [-0.2, 0) is 6.54 Å². The molecular formula is C20H25N3O. The number of benzene rings is 2. The lowest BCUT2D eigenvalue weighted by Gasteiger charge is -2.36. The molecule has 0 bridgehead atoms. The maximum Gasteiger partial charge on any atom is 0.253 e. The average Bonchev–Trinajstić information content (AvgIpc) is 2.62. The van der Waals surface area contributed by atoms with Gasteiger partial charge in [-0.15, -0.1) is 0 Å². The lowest BCUT2D eigenvalue weighted by atomic mass is 10.0. The Bertz CT molecular complexity index is 678. The Kier molecular flexibility index (Phi) is 5.16. The molecule has 0 aromatic heterocycles. The zero-order valence-corrected chi connectivity index (χ0v) is 14.2. The summed E-state index contributed by atoms with van der Waals surface area (Å²) in [5, 5.41) is 0. The molecular weight excluding hydrogens is 298 g/mol. The van der Waals surface area contributed by atoms with E-state index < -0.39 is 0 Å². The van der Waals surface area contributed by atoms with Crippen molar-refractivity contribution in [1.82, 2.24) is 9.80 Å². The monoisotopic (exact) mass is 323 g/mol. The summed E-state index contributed by atoms with van der Waals surface area (Å²) in [5.74, 6) is 0.0591. The SMILES string of the molecule is CN(C(=O)c1cccc(N)c1)C1CCN(Cc2ccccc2)CC1. The van der Waals surface area contributed by atoms with E-state index in [0.29, 0.717) is 17.3 Å². The van der Waals surface area contributed by atoms with E-state index in [4.69, 9.17) is 5.73 Å². The summed E-state index contributed by atoms with van der Waals surface area (Å²) in [6.45, 7) is 3.03. The second-order valence-corrected chi connectivity index (χ2v) is 6.53.